The van der Waals surface area contributed by atoms with Crippen LogP contribution in [0.5, 0.6) is 0 Å². The first-order valence-electron chi connectivity index (χ1n) is 5.52. The first-order valence-corrected chi connectivity index (χ1v) is 5.52. The minimum absolute atomic E-state index is 0. The molecule has 0 unspecified atom stereocenters. The number of aromatic nitrogens is 2. The quantitative estimate of drug-likeness (QED) is 0.563. The first kappa shape index (κ1) is 16.1. The minimum atomic E-state index is -1.09. The third kappa shape index (κ3) is 3.75. The van der Waals surface area contributed by atoms with Gasteiger partial charge in [0.15, 0.2) is 0 Å². The topological polar surface area (TPSA) is 56.3 Å². The molecule has 96 valence electrons. The van der Waals surface area contributed by atoms with E-state index in [0.29, 0.717) is 5.95 Å². The van der Waals surface area contributed by atoms with Gasteiger partial charge in [-0.05, 0) is 6.07 Å². The van der Waals surface area contributed by atoms with Crippen molar-refractivity contribution in [3.8, 4) is 0 Å². The normalized spacial score (nSPS) is 10.6. The predicted molar refractivity (Wildman–Crippen MR) is 68.9 cm³/mol. The van der Waals surface area contributed by atoms with Crippen LogP contribution in [0.4, 0.5) is 5.95 Å². The van der Waals surface area contributed by atoms with E-state index in [0.717, 1.165) is 5.56 Å². The van der Waals surface area contributed by atoms with Gasteiger partial charge in [-0.25, -0.2) is 9.97 Å². The van der Waals surface area contributed by atoms with Gasteiger partial charge in [0.25, 0.3) is 5.91 Å². The van der Waals surface area contributed by atoms with Gasteiger partial charge >= 0.3 is 29.6 Å². The summed E-state index contributed by atoms with van der Waals surface area (Å²) in [5.74, 6) is -0.659. The average molecular weight is 269 g/mol. The van der Waals surface area contributed by atoms with Crippen LogP contribution < -0.4 is 34.9 Å². The maximum atomic E-state index is 5.46. The van der Waals surface area contributed by atoms with Gasteiger partial charge in [-0.2, -0.15) is 0 Å². The zero-order chi connectivity index (χ0) is 12.8. The second kappa shape index (κ2) is 7.57. The summed E-state index contributed by atoms with van der Waals surface area (Å²) in [5, 5.41) is 3.04. The Bertz CT molecular complexity index is 483. The summed E-state index contributed by atoms with van der Waals surface area (Å²) >= 11 is 0. The van der Waals surface area contributed by atoms with Crippen LogP contribution in [-0.2, 0) is 15.4 Å². The molecule has 0 spiro atoms. The molecule has 1 N–H and O–H groups in total. The Hall–Kier alpha value is -0.980. The molecule has 0 bridgehead atoms. The molecule has 2 aromatic rings. The monoisotopic (exact) mass is 269 g/mol. The fourth-order valence-electron chi connectivity index (χ4n) is 1.66. The van der Waals surface area contributed by atoms with Crippen molar-refractivity contribution in [2.45, 2.75) is 5.91 Å². The fourth-order valence-corrected chi connectivity index (χ4v) is 1.66. The number of nitrogens with one attached hydrogen (secondary N) is 1. The molecule has 6 heteroatoms. The summed E-state index contributed by atoms with van der Waals surface area (Å²) in [5.41, 5.74) is 0.836. The number of hydrogen-bond donors (Lipinski definition) is 1. The van der Waals surface area contributed by atoms with E-state index >= 15 is 0 Å². The predicted octanol–water partition coefficient (Wildman–Crippen LogP) is -0.892. The Morgan fingerprint density at radius 2 is 1.58 bits per heavy atom. The van der Waals surface area contributed by atoms with Gasteiger partial charge in [-0.15, -0.1) is 0 Å². The molecular weight excluding hydrogens is 253 g/mol. The molecule has 1 aromatic heterocycles. The van der Waals surface area contributed by atoms with Crippen molar-refractivity contribution in [3.63, 3.8) is 0 Å². The van der Waals surface area contributed by atoms with Crippen molar-refractivity contribution in [3.05, 3.63) is 54.4 Å². The summed E-state index contributed by atoms with van der Waals surface area (Å²) in [4.78, 5) is 8.21. The third-order valence-electron chi connectivity index (χ3n) is 2.57. The van der Waals surface area contributed by atoms with E-state index in [9.17, 15) is 0 Å². The number of nitrogens with zero attached hydrogens (tertiary/aromatic N) is 2. The second-order valence-corrected chi connectivity index (χ2v) is 3.59. The number of benzene rings is 1. The van der Waals surface area contributed by atoms with Gasteiger partial charge in [0, 0.05) is 32.2 Å². The molecule has 0 atom stereocenters. The summed E-state index contributed by atoms with van der Waals surface area (Å²) in [6, 6.07) is 11.3. The number of rotatable bonds is 5. The molecule has 0 amide bonds. The molecule has 0 aliphatic carbocycles. The molecule has 1 heterocycles. The molecule has 2 rings (SSSR count). The molecular formula is C13H16N3NaO2. The minimum Gasteiger partial charge on any atom is -1.00 e. The van der Waals surface area contributed by atoms with Crippen LogP contribution in [-0.4, -0.2) is 24.2 Å². The molecule has 0 saturated heterocycles. The van der Waals surface area contributed by atoms with Crippen LogP contribution in [0, 0.1) is 0 Å². The second-order valence-electron chi connectivity index (χ2n) is 3.59. The summed E-state index contributed by atoms with van der Waals surface area (Å²) in [6.45, 7) is 0. The number of hydrogen-bond acceptors (Lipinski definition) is 5. The molecule has 0 aliphatic rings. The summed E-state index contributed by atoms with van der Waals surface area (Å²) in [6.07, 6.45) is 3.30. The molecule has 1 aromatic carbocycles. The van der Waals surface area contributed by atoms with Crippen molar-refractivity contribution in [2.75, 3.05) is 19.5 Å². The van der Waals surface area contributed by atoms with Gasteiger partial charge in [0.1, 0.15) is 0 Å². The smallest absolute Gasteiger partial charge is 1.00 e. The molecule has 19 heavy (non-hydrogen) atoms. The SMILES string of the molecule is COC(Nc1ncccn1)(OC)c1ccccc1.[H-].[Na+]. The van der Waals surface area contributed by atoms with Gasteiger partial charge in [0.05, 0.1) is 0 Å². The molecule has 0 fully saturated rings. The average Bonchev–Trinajstić information content (AvgIpc) is 2.47. The Balaban J connectivity index is 0.00000180. The van der Waals surface area contributed by atoms with Crippen LogP contribution >= 0.6 is 0 Å². The van der Waals surface area contributed by atoms with E-state index in [4.69, 9.17) is 9.47 Å². The van der Waals surface area contributed by atoms with Gasteiger partial charge in [-0.1, -0.05) is 30.3 Å². The van der Waals surface area contributed by atoms with Crippen LogP contribution in [0.3, 0.4) is 0 Å². The zero-order valence-corrected chi connectivity index (χ0v) is 13.3. The van der Waals surface area contributed by atoms with Crippen LogP contribution in [0.1, 0.15) is 6.99 Å². The van der Waals surface area contributed by atoms with E-state index in [1.165, 1.54) is 0 Å². The van der Waals surface area contributed by atoms with E-state index in [1.54, 1.807) is 32.7 Å². The first-order chi connectivity index (χ1) is 8.80. The maximum absolute atomic E-state index is 5.46. The van der Waals surface area contributed by atoms with Gasteiger partial charge < -0.3 is 10.9 Å². The van der Waals surface area contributed by atoms with E-state index in [1.807, 2.05) is 30.3 Å². The Morgan fingerprint density at radius 1 is 1.00 bits per heavy atom. The van der Waals surface area contributed by atoms with Gasteiger partial charge in [-0.3, -0.25) is 5.32 Å². The molecule has 0 aliphatic heterocycles. The standard InChI is InChI=1S/C13H15N3O2.Na.H/c1-17-13(18-2,11-7-4-3-5-8-11)16-12-14-9-6-10-15-12;;/h3-10H,1-2H3,(H,14,15,16);;/q;+1;-1. The van der Waals surface area contributed by atoms with Crippen molar-refractivity contribution in [1.82, 2.24) is 9.97 Å². The van der Waals surface area contributed by atoms with Crippen molar-refractivity contribution < 1.29 is 40.5 Å². The van der Waals surface area contributed by atoms with Crippen LogP contribution in [0.25, 0.3) is 0 Å². The van der Waals surface area contributed by atoms with E-state index in [2.05, 4.69) is 15.3 Å². The number of anilines is 1. The largest absolute Gasteiger partial charge is 1.00 e. The Morgan fingerprint density at radius 3 is 2.11 bits per heavy atom. The molecule has 0 radical (unpaired) electrons. The zero-order valence-electron chi connectivity index (χ0n) is 12.3. The third-order valence-corrected chi connectivity index (χ3v) is 2.57. The van der Waals surface area contributed by atoms with E-state index in [-0.39, 0.29) is 31.0 Å². The molecule has 5 nitrogen and oxygen atoms in total. The van der Waals surface area contributed by atoms with Crippen LogP contribution in [0.15, 0.2) is 48.8 Å². The number of methoxy groups -OCH3 is 2. The summed E-state index contributed by atoms with van der Waals surface area (Å²) < 4.78 is 10.9. The number of ether oxygens (including phenoxy) is 2. The van der Waals surface area contributed by atoms with Crippen LogP contribution in [0.2, 0.25) is 0 Å². The van der Waals surface area contributed by atoms with Crippen molar-refractivity contribution in [2.24, 2.45) is 0 Å². The maximum Gasteiger partial charge on any atom is 1.00 e. The molecule has 0 saturated carbocycles. The van der Waals surface area contributed by atoms with E-state index < -0.39 is 5.91 Å². The fraction of sp³-hybridized carbons (Fsp3) is 0.231. The van der Waals surface area contributed by atoms with Crippen molar-refractivity contribution >= 4 is 5.95 Å². The van der Waals surface area contributed by atoms with Gasteiger partial charge in [0.2, 0.25) is 5.95 Å². The van der Waals surface area contributed by atoms with Crippen molar-refractivity contribution in [1.29, 1.82) is 0 Å². The summed E-state index contributed by atoms with van der Waals surface area (Å²) in [7, 11) is 3.12. The Kier molecular flexibility index (Phi) is 6.41. The Labute approximate surface area is 136 Å².